The zero-order valence-corrected chi connectivity index (χ0v) is 27.9. The Bertz CT molecular complexity index is 1820. The molecular weight excluding hydrogens is 654 g/mol. The molecule has 15 heteroatoms. The van der Waals surface area contributed by atoms with Gasteiger partial charge in [-0.1, -0.05) is 6.92 Å². The van der Waals surface area contributed by atoms with Gasteiger partial charge in [-0.15, -0.1) is 0 Å². The van der Waals surface area contributed by atoms with Crippen molar-refractivity contribution in [3.8, 4) is 17.0 Å². The second-order valence-electron chi connectivity index (χ2n) is 12.6. The van der Waals surface area contributed by atoms with E-state index in [1.807, 2.05) is 17.9 Å². The summed E-state index contributed by atoms with van der Waals surface area (Å²) in [5.74, 6) is -2.55. The highest BCUT2D eigenvalue weighted by molar-refractivity contribution is 5.96. The number of hydrogen-bond donors (Lipinski definition) is 5. The molecule has 0 spiro atoms. The number of fused-ring (bicyclic) bond motifs is 1. The van der Waals surface area contributed by atoms with E-state index >= 15 is 0 Å². The van der Waals surface area contributed by atoms with Crippen molar-refractivity contribution in [2.45, 2.75) is 44.2 Å². The number of benzene rings is 2. The Morgan fingerprint density at radius 3 is 2.52 bits per heavy atom. The number of aliphatic hydroxyl groups is 4. The Balaban J connectivity index is 1.07. The van der Waals surface area contributed by atoms with Crippen LogP contribution in [0.1, 0.15) is 29.3 Å². The number of amides is 1. The van der Waals surface area contributed by atoms with Gasteiger partial charge in [-0.2, -0.15) is 4.39 Å². The van der Waals surface area contributed by atoms with E-state index < -0.39 is 42.0 Å². The van der Waals surface area contributed by atoms with Crippen molar-refractivity contribution in [1.29, 1.82) is 0 Å². The lowest BCUT2D eigenvalue weighted by atomic mass is 9.81. The standard InChI is InChI=1S/C35H42F2N6O7/c1-3-20-16-22(40-33-34-39-18-25(43(34)9-8-38-33)24-6-7-26(49-2)29(37)28(24)36)4-5-23(20)35(48)42-12-10-41(11-13-42)14-15-50-27-17-21(19-44)30(45)32(47)31(27)46/h4-9,16,18,21,27,30-32,44-47H,3,10-15,17,19H2,1-2H3,(H,38,40)/t21-,27-,30+,31+,32+/m1/s1. The summed E-state index contributed by atoms with van der Waals surface area (Å²) in [6, 6.07) is 8.27. The van der Waals surface area contributed by atoms with Crippen LogP contribution in [0.2, 0.25) is 0 Å². The van der Waals surface area contributed by atoms with Gasteiger partial charge in [0.1, 0.15) is 12.2 Å². The van der Waals surface area contributed by atoms with E-state index in [0.29, 0.717) is 74.2 Å². The Kier molecular flexibility index (Phi) is 10.9. The molecule has 4 aromatic rings. The van der Waals surface area contributed by atoms with Crippen LogP contribution in [0.5, 0.6) is 5.75 Å². The van der Waals surface area contributed by atoms with Gasteiger partial charge < -0.3 is 40.1 Å². The summed E-state index contributed by atoms with van der Waals surface area (Å²) in [5, 5.41) is 43.1. The molecule has 5 N–H and O–H groups in total. The minimum atomic E-state index is -1.37. The van der Waals surface area contributed by atoms with Crippen LogP contribution in [0, 0.1) is 17.6 Å². The predicted molar refractivity (Wildman–Crippen MR) is 179 cm³/mol. The molecule has 2 aromatic heterocycles. The Morgan fingerprint density at radius 2 is 1.80 bits per heavy atom. The van der Waals surface area contributed by atoms with Crippen LogP contribution < -0.4 is 10.1 Å². The number of anilines is 2. The van der Waals surface area contributed by atoms with Gasteiger partial charge in [0.2, 0.25) is 5.82 Å². The van der Waals surface area contributed by atoms with Crippen molar-refractivity contribution in [2.24, 2.45) is 5.92 Å². The number of carbonyl (C=O) groups excluding carboxylic acids is 1. The van der Waals surface area contributed by atoms with Gasteiger partial charge in [0.25, 0.3) is 5.91 Å². The molecule has 2 fully saturated rings. The van der Waals surface area contributed by atoms with E-state index in [4.69, 9.17) is 9.47 Å². The fraction of sp³-hybridized carbons (Fsp3) is 0.457. The van der Waals surface area contributed by atoms with Gasteiger partial charge in [0, 0.05) is 74.5 Å². The first-order valence-electron chi connectivity index (χ1n) is 16.7. The number of halogens is 2. The van der Waals surface area contributed by atoms with E-state index in [9.17, 15) is 34.0 Å². The summed E-state index contributed by atoms with van der Waals surface area (Å²) in [6.07, 6.45) is 0.958. The molecule has 0 radical (unpaired) electrons. The summed E-state index contributed by atoms with van der Waals surface area (Å²) in [6.45, 7) is 4.86. The molecule has 3 heterocycles. The molecular formula is C35H42F2N6O7. The van der Waals surface area contributed by atoms with Gasteiger partial charge in [0.15, 0.2) is 23.0 Å². The normalized spacial score (nSPS) is 23.0. The average Bonchev–Trinajstić information content (AvgIpc) is 3.57. The van der Waals surface area contributed by atoms with E-state index in [2.05, 4.69) is 20.2 Å². The second-order valence-corrected chi connectivity index (χ2v) is 12.6. The molecule has 13 nitrogen and oxygen atoms in total. The minimum Gasteiger partial charge on any atom is -0.494 e. The zero-order valence-electron chi connectivity index (χ0n) is 27.9. The summed E-state index contributed by atoms with van der Waals surface area (Å²) < 4.78 is 41.7. The Hall–Kier alpha value is -4.25. The topological polar surface area (TPSA) is 165 Å². The number of aromatic nitrogens is 3. The molecule has 50 heavy (non-hydrogen) atoms. The molecule has 1 amide bonds. The highest BCUT2D eigenvalue weighted by Crippen LogP contribution is 2.32. The third-order valence-corrected chi connectivity index (χ3v) is 9.68. The number of nitrogens with one attached hydrogen (secondary N) is 1. The molecule has 5 atom stereocenters. The Morgan fingerprint density at radius 1 is 1.02 bits per heavy atom. The molecule has 2 aromatic carbocycles. The van der Waals surface area contributed by atoms with Gasteiger partial charge in [-0.25, -0.2) is 14.4 Å². The molecule has 1 aliphatic carbocycles. The summed E-state index contributed by atoms with van der Waals surface area (Å²) in [5.41, 5.74) is 2.91. The molecule has 0 unspecified atom stereocenters. The van der Waals surface area contributed by atoms with Crippen LogP contribution in [0.25, 0.3) is 16.9 Å². The van der Waals surface area contributed by atoms with E-state index in [0.717, 1.165) is 5.56 Å². The Labute approximate surface area is 287 Å². The highest BCUT2D eigenvalue weighted by atomic mass is 19.2. The number of hydrogen-bond acceptors (Lipinski definition) is 11. The van der Waals surface area contributed by atoms with Gasteiger partial charge >= 0.3 is 0 Å². The van der Waals surface area contributed by atoms with Crippen molar-refractivity contribution in [3.05, 3.63) is 71.7 Å². The van der Waals surface area contributed by atoms with E-state index in [-0.39, 0.29) is 30.2 Å². The van der Waals surface area contributed by atoms with Crippen LogP contribution in [0.4, 0.5) is 20.3 Å². The molecule has 1 saturated heterocycles. The molecule has 0 bridgehead atoms. The lowest BCUT2D eigenvalue weighted by molar-refractivity contribution is -0.178. The number of methoxy groups -OCH3 is 1. The van der Waals surface area contributed by atoms with Gasteiger partial charge in [-0.05, 0) is 48.7 Å². The zero-order chi connectivity index (χ0) is 35.5. The van der Waals surface area contributed by atoms with E-state index in [1.165, 1.54) is 31.6 Å². The van der Waals surface area contributed by atoms with E-state index in [1.54, 1.807) is 22.7 Å². The van der Waals surface area contributed by atoms with Crippen molar-refractivity contribution in [1.82, 2.24) is 24.2 Å². The fourth-order valence-electron chi connectivity index (χ4n) is 6.71. The summed E-state index contributed by atoms with van der Waals surface area (Å²) >= 11 is 0. The van der Waals surface area contributed by atoms with Crippen molar-refractivity contribution >= 4 is 23.1 Å². The van der Waals surface area contributed by atoms with Crippen LogP contribution in [-0.2, 0) is 11.2 Å². The largest absolute Gasteiger partial charge is 0.494 e. The van der Waals surface area contributed by atoms with Crippen molar-refractivity contribution in [2.75, 3.05) is 58.4 Å². The molecule has 1 aliphatic heterocycles. The number of imidazole rings is 1. The van der Waals surface area contributed by atoms with Crippen LogP contribution in [0.3, 0.4) is 0 Å². The number of piperazine rings is 1. The average molecular weight is 697 g/mol. The maximum atomic E-state index is 14.9. The molecule has 6 rings (SSSR count). The SMILES string of the molecule is CCc1cc(Nc2nccn3c(-c4ccc(OC)c(F)c4F)cnc23)ccc1C(=O)N1CCN(CCO[C@@H]2C[C@H](CO)[C@H](O)[C@H](O)[C@H]2O)CC1. The number of ether oxygens (including phenoxy) is 2. The molecule has 2 aliphatic rings. The number of aryl methyl sites for hydroxylation is 1. The van der Waals surface area contributed by atoms with Crippen LogP contribution in [0.15, 0.2) is 48.9 Å². The number of carbonyl (C=O) groups is 1. The third kappa shape index (κ3) is 7.02. The lowest BCUT2D eigenvalue weighted by Crippen LogP contribution is -2.55. The molecule has 1 saturated carbocycles. The van der Waals surface area contributed by atoms with Gasteiger partial charge in [0.05, 0.1) is 37.8 Å². The summed E-state index contributed by atoms with van der Waals surface area (Å²) in [4.78, 5) is 26.4. The minimum absolute atomic E-state index is 0.0248. The van der Waals surface area contributed by atoms with Gasteiger partial charge in [-0.3, -0.25) is 14.1 Å². The van der Waals surface area contributed by atoms with Crippen LogP contribution >= 0.6 is 0 Å². The smallest absolute Gasteiger partial charge is 0.254 e. The highest BCUT2D eigenvalue weighted by Gasteiger charge is 2.43. The maximum Gasteiger partial charge on any atom is 0.254 e. The number of rotatable bonds is 11. The quantitative estimate of drug-likeness (QED) is 0.156. The monoisotopic (exact) mass is 696 g/mol. The first-order valence-corrected chi connectivity index (χ1v) is 16.7. The number of aliphatic hydroxyl groups excluding tert-OH is 4. The molecule has 268 valence electrons. The lowest BCUT2D eigenvalue weighted by Gasteiger charge is -2.40. The van der Waals surface area contributed by atoms with Crippen molar-refractivity contribution in [3.63, 3.8) is 0 Å². The second kappa shape index (κ2) is 15.3. The summed E-state index contributed by atoms with van der Waals surface area (Å²) in [7, 11) is 1.27. The number of nitrogens with zero attached hydrogens (tertiary/aromatic N) is 5. The first kappa shape index (κ1) is 35.6. The van der Waals surface area contributed by atoms with Crippen LogP contribution in [-0.4, -0.2) is 128 Å². The predicted octanol–water partition coefficient (Wildman–Crippen LogP) is 2.23. The third-order valence-electron chi connectivity index (χ3n) is 9.68. The van der Waals surface area contributed by atoms with Crippen molar-refractivity contribution < 1.29 is 43.5 Å². The fourth-order valence-corrected chi connectivity index (χ4v) is 6.71. The maximum absolute atomic E-state index is 14.9. The first-order chi connectivity index (χ1) is 24.1.